The van der Waals surface area contributed by atoms with Gasteiger partial charge in [-0.05, 0) is 102 Å². The number of hydrogen-bond donors (Lipinski definition) is 3. The molecule has 0 aliphatic rings. The van der Waals surface area contributed by atoms with Crippen LogP contribution in [0.15, 0.2) is 182 Å². The van der Waals surface area contributed by atoms with Crippen molar-refractivity contribution in [1.29, 1.82) is 5.41 Å². The van der Waals surface area contributed by atoms with Crippen LogP contribution in [0.1, 0.15) is 11.1 Å². The van der Waals surface area contributed by atoms with Crippen molar-refractivity contribution in [3.63, 3.8) is 0 Å². The molecule has 5 nitrogen and oxygen atoms in total. The van der Waals surface area contributed by atoms with Gasteiger partial charge in [0.25, 0.3) is 0 Å². The Kier molecular flexibility index (Phi) is 7.77. The molecule has 0 saturated heterocycles. The number of aryl methyl sites for hydroxylation is 1. The van der Waals surface area contributed by atoms with E-state index in [-0.39, 0.29) is 0 Å². The third-order valence-corrected chi connectivity index (χ3v) is 10.8. The summed E-state index contributed by atoms with van der Waals surface area (Å²) in [5, 5.41) is 20.7. The highest BCUT2D eigenvalue weighted by atomic mass is 15.0. The largest absolute Gasteiger partial charge is 0.355 e. The quantitative estimate of drug-likeness (QED) is 0.138. The van der Waals surface area contributed by atoms with Crippen molar-refractivity contribution in [2.45, 2.75) is 6.92 Å². The molecule has 0 spiro atoms. The lowest BCUT2D eigenvalue weighted by Crippen LogP contribution is -2.00. The Labute approximate surface area is 319 Å². The van der Waals surface area contributed by atoms with Crippen LogP contribution in [0, 0.1) is 12.3 Å². The molecular formula is C50H37N5. The number of aromatic nitrogens is 2. The first-order chi connectivity index (χ1) is 27.2. The van der Waals surface area contributed by atoms with Gasteiger partial charge < -0.3 is 25.2 Å². The molecule has 0 bridgehead atoms. The fourth-order valence-electron chi connectivity index (χ4n) is 8.32. The molecular weight excluding hydrogens is 671 g/mol. The molecule has 2 heterocycles. The van der Waals surface area contributed by atoms with Crippen molar-refractivity contribution >= 4 is 72.6 Å². The second kappa shape index (κ2) is 13.2. The van der Waals surface area contributed by atoms with E-state index in [1.807, 2.05) is 42.5 Å². The number of benzene rings is 8. The summed E-state index contributed by atoms with van der Waals surface area (Å²) in [5.74, 6) is 0. The molecule has 0 unspecified atom stereocenters. The Morgan fingerprint density at radius 3 is 1.60 bits per heavy atom. The summed E-state index contributed by atoms with van der Waals surface area (Å²) in [6.45, 7) is 2.21. The minimum atomic E-state index is 0.842. The molecule has 262 valence electrons. The van der Waals surface area contributed by atoms with Crippen molar-refractivity contribution in [2.24, 2.45) is 0 Å². The first-order valence-corrected chi connectivity index (χ1v) is 18.6. The molecule has 0 amide bonds. The molecule has 0 atom stereocenters. The van der Waals surface area contributed by atoms with E-state index in [4.69, 9.17) is 5.41 Å². The third-order valence-electron chi connectivity index (χ3n) is 10.8. The van der Waals surface area contributed by atoms with Crippen LogP contribution < -0.4 is 10.6 Å². The van der Waals surface area contributed by atoms with Gasteiger partial charge in [-0.1, -0.05) is 103 Å². The smallest absolute Gasteiger partial charge is 0.0591 e. The van der Waals surface area contributed by atoms with Crippen LogP contribution in [0.25, 0.3) is 66.1 Å². The first kappa shape index (κ1) is 32.3. The van der Waals surface area contributed by atoms with Crippen LogP contribution in [0.5, 0.6) is 0 Å². The summed E-state index contributed by atoms with van der Waals surface area (Å²) in [4.78, 5) is 0. The van der Waals surface area contributed by atoms with Gasteiger partial charge >= 0.3 is 0 Å². The van der Waals surface area contributed by atoms with Crippen LogP contribution >= 0.6 is 0 Å². The van der Waals surface area contributed by atoms with Crippen molar-refractivity contribution < 1.29 is 0 Å². The maximum absolute atomic E-state index is 8.62. The second-order valence-corrected chi connectivity index (χ2v) is 13.9. The van der Waals surface area contributed by atoms with Crippen LogP contribution in [-0.4, -0.2) is 15.3 Å². The molecule has 10 aromatic rings. The van der Waals surface area contributed by atoms with E-state index in [1.165, 1.54) is 28.0 Å². The predicted molar refractivity (Wildman–Crippen MR) is 233 cm³/mol. The Morgan fingerprint density at radius 1 is 0.436 bits per heavy atom. The van der Waals surface area contributed by atoms with Gasteiger partial charge in [-0.15, -0.1) is 0 Å². The minimum Gasteiger partial charge on any atom is -0.355 e. The van der Waals surface area contributed by atoms with Crippen molar-refractivity contribution in [1.82, 2.24) is 9.13 Å². The van der Waals surface area contributed by atoms with E-state index in [1.54, 1.807) is 0 Å². The molecule has 2 aromatic heterocycles. The average Bonchev–Trinajstić information content (AvgIpc) is 3.76. The number of rotatable bonds is 8. The summed E-state index contributed by atoms with van der Waals surface area (Å²) in [6.07, 6.45) is 1.47. The summed E-state index contributed by atoms with van der Waals surface area (Å²) < 4.78 is 4.77. The number of nitrogens with one attached hydrogen (secondary N) is 3. The lowest BCUT2D eigenvalue weighted by molar-refractivity contribution is 1.14. The number of anilines is 4. The molecule has 0 saturated carbocycles. The third kappa shape index (κ3) is 5.36. The Balaban J connectivity index is 1.19. The van der Waals surface area contributed by atoms with Gasteiger partial charge in [0.2, 0.25) is 0 Å². The van der Waals surface area contributed by atoms with Crippen LogP contribution in [0.3, 0.4) is 0 Å². The minimum absolute atomic E-state index is 0.842. The van der Waals surface area contributed by atoms with E-state index < -0.39 is 0 Å². The standard InChI is InChI=1S/C50H37N5/c1-33-44(52-34-14-4-2-5-15-34)31-30-42-49-41(38-20-12-22-45(43(38)32-51)53-35-16-6-3-7-17-35)21-13-25-48(49)55(50(33)42)37-28-26-36(27-29-37)54-46-23-10-8-18-39(46)40-19-9-11-24-47(40)54/h2-32,51-53H,1H3. The zero-order valence-corrected chi connectivity index (χ0v) is 30.3. The maximum atomic E-state index is 8.62. The van der Waals surface area contributed by atoms with E-state index in [0.717, 1.165) is 78.2 Å². The molecule has 0 aliphatic heterocycles. The molecule has 8 aromatic carbocycles. The van der Waals surface area contributed by atoms with Crippen molar-refractivity contribution in [3.05, 3.63) is 193 Å². The van der Waals surface area contributed by atoms with Crippen molar-refractivity contribution in [2.75, 3.05) is 10.6 Å². The van der Waals surface area contributed by atoms with Crippen LogP contribution in [0.2, 0.25) is 0 Å². The molecule has 0 radical (unpaired) electrons. The van der Waals surface area contributed by atoms with Gasteiger partial charge in [-0.3, -0.25) is 0 Å². The topological polar surface area (TPSA) is 57.8 Å². The molecule has 3 N–H and O–H groups in total. The highest BCUT2D eigenvalue weighted by Crippen LogP contribution is 2.43. The zero-order valence-electron chi connectivity index (χ0n) is 30.3. The summed E-state index contributed by atoms with van der Waals surface area (Å²) in [6, 6.07) is 64.0. The summed E-state index contributed by atoms with van der Waals surface area (Å²) in [7, 11) is 0. The zero-order chi connectivity index (χ0) is 36.9. The van der Waals surface area contributed by atoms with E-state index >= 15 is 0 Å². The van der Waals surface area contributed by atoms with E-state index in [0.29, 0.717) is 0 Å². The molecule has 0 aliphatic carbocycles. The fourth-order valence-corrected chi connectivity index (χ4v) is 8.32. The normalized spacial score (nSPS) is 11.4. The predicted octanol–water partition coefficient (Wildman–Crippen LogP) is 13.3. The van der Waals surface area contributed by atoms with Gasteiger partial charge in [0.15, 0.2) is 0 Å². The van der Waals surface area contributed by atoms with Gasteiger partial charge in [-0.2, -0.15) is 0 Å². The molecule has 5 heteroatoms. The Hall–Kier alpha value is -7.37. The van der Waals surface area contributed by atoms with Gasteiger partial charge in [0, 0.05) is 67.4 Å². The first-order valence-electron chi connectivity index (χ1n) is 18.6. The second-order valence-electron chi connectivity index (χ2n) is 13.9. The molecule has 55 heavy (non-hydrogen) atoms. The number of fused-ring (bicyclic) bond motifs is 6. The summed E-state index contributed by atoms with van der Waals surface area (Å²) in [5.41, 5.74) is 14.9. The molecule has 0 fully saturated rings. The lowest BCUT2D eigenvalue weighted by atomic mass is 9.94. The number of para-hydroxylation sites is 4. The van der Waals surface area contributed by atoms with Gasteiger partial charge in [0.05, 0.1) is 22.1 Å². The summed E-state index contributed by atoms with van der Waals surface area (Å²) >= 11 is 0. The highest BCUT2D eigenvalue weighted by Gasteiger charge is 2.21. The van der Waals surface area contributed by atoms with Gasteiger partial charge in [-0.25, -0.2) is 0 Å². The molecule has 10 rings (SSSR count). The highest BCUT2D eigenvalue weighted by molar-refractivity contribution is 6.18. The van der Waals surface area contributed by atoms with E-state index in [9.17, 15) is 0 Å². The monoisotopic (exact) mass is 707 g/mol. The number of hydrogen-bond acceptors (Lipinski definition) is 3. The van der Waals surface area contributed by atoms with Gasteiger partial charge in [0.1, 0.15) is 0 Å². The van der Waals surface area contributed by atoms with Crippen LogP contribution in [0.4, 0.5) is 22.7 Å². The number of nitrogens with zero attached hydrogens (tertiary/aromatic N) is 2. The van der Waals surface area contributed by atoms with Crippen LogP contribution in [-0.2, 0) is 0 Å². The Morgan fingerprint density at radius 2 is 0.964 bits per heavy atom. The van der Waals surface area contributed by atoms with Crippen molar-refractivity contribution in [3.8, 4) is 22.5 Å². The fraction of sp³-hybridized carbons (Fsp3) is 0.0200. The SMILES string of the molecule is Cc1c(Nc2ccccc2)ccc2c3c(-c4cccc(Nc5ccccc5)c4C=N)cccc3n(-c3ccc(-n4c5ccccc5c5ccccc54)cc3)c12. The maximum Gasteiger partial charge on any atom is 0.0591 e. The van der Waals surface area contributed by atoms with E-state index in [2.05, 4.69) is 166 Å². The lowest BCUT2D eigenvalue weighted by Gasteiger charge is -2.15. The Bertz CT molecular complexity index is 2990. The average molecular weight is 708 g/mol.